The van der Waals surface area contributed by atoms with Crippen LogP contribution in [0, 0.1) is 6.92 Å². The van der Waals surface area contributed by atoms with Gasteiger partial charge in [0.1, 0.15) is 9.88 Å². The lowest BCUT2D eigenvalue weighted by Crippen LogP contribution is -2.30. The van der Waals surface area contributed by atoms with Gasteiger partial charge in [-0.15, -0.1) is 11.3 Å². The molecule has 27 heavy (non-hydrogen) atoms. The van der Waals surface area contributed by atoms with Gasteiger partial charge in [0.25, 0.3) is 0 Å². The molecule has 2 rings (SSSR count). The van der Waals surface area contributed by atoms with Crippen molar-refractivity contribution in [1.29, 1.82) is 0 Å². The number of carbonyl (C=O) groups is 2. The second-order valence-electron chi connectivity index (χ2n) is 5.40. The number of rotatable bonds is 7. The van der Waals surface area contributed by atoms with E-state index in [0.29, 0.717) is 38.7 Å². The van der Waals surface area contributed by atoms with Gasteiger partial charge in [0.15, 0.2) is 5.11 Å². The van der Waals surface area contributed by atoms with Crippen LogP contribution in [-0.4, -0.2) is 47.6 Å². The van der Waals surface area contributed by atoms with Crippen molar-refractivity contribution in [3.63, 3.8) is 0 Å². The van der Waals surface area contributed by atoms with Gasteiger partial charge in [0, 0.05) is 19.3 Å². The summed E-state index contributed by atoms with van der Waals surface area (Å²) in [6, 6.07) is 0. The quantitative estimate of drug-likeness (QED) is 0.393. The Morgan fingerprint density at radius 3 is 2.63 bits per heavy atom. The molecule has 2 aromatic rings. The van der Waals surface area contributed by atoms with Crippen LogP contribution in [0.1, 0.15) is 32.0 Å². The van der Waals surface area contributed by atoms with E-state index in [2.05, 4.69) is 15.7 Å². The lowest BCUT2D eigenvalue weighted by molar-refractivity contribution is 0.0601. The Bertz CT molecular complexity index is 850. The average molecular weight is 431 g/mol. The van der Waals surface area contributed by atoms with Crippen molar-refractivity contribution in [1.82, 2.24) is 15.1 Å². The van der Waals surface area contributed by atoms with Crippen LogP contribution in [0.25, 0.3) is 0 Å². The molecular formula is C16H19ClN4O4S2. The summed E-state index contributed by atoms with van der Waals surface area (Å²) in [6.45, 7) is 2.93. The van der Waals surface area contributed by atoms with Crippen molar-refractivity contribution in [2.75, 3.05) is 26.1 Å². The second-order valence-corrected chi connectivity index (χ2v) is 7.26. The van der Waals surface area contributed by atoms with Gasteiger partial charge in [-0.25, -0.2) is 9.59 Å². The number of aromatic nitrogens is 2. The Hall–Kier alpha value is -2.17. The second kappa shape index (κ2) is 9.67. The number of esters is 2. The van der Waals surface area contributed by atoms with Crippen LogP contribution in [0.15, 0.2) is 12.4 Å². The fraction of sp³-hybridized carbons (Fsp3) is 0.375. The number of anilines is 1. The summed E-state index contributed by atoms with van der Waals surface area (Å²) in [5.41, 5.74) is 0.748. The minimum Gasteiger partial charge on any atom is -0.465 e. The van der Waals surface area contributed by atoms with Gasteiger partial charge in [-0.1, -0.05) is 11.6 Å². The molecule has 0 aliphatic carbocycles. The largest absolute Gasteiger partial charge is 0.465 e. The lowest BCUT2D eigenvalue weighted by atomic mass is 10.1. The van der Waals surface area contributed by atoms with E-state index < -0.39 is 11.9 Å². The molecular weight excluding hydrogens is 412 g/mol. The van der Waals surface area contributed by atoms with Gasteiger partial charge < -0.3 is 20.1 Å². The van der Waals surface area contributed by atoms with E-state index in [1.807, 2.05) is 0 Å². The number of nitrogens with zero attached hydrogens (tertiary/aromatic N) is 2. The Morgan fingerprint density at radius 2 is 2.04 bits per heavy atom. The SMILES string of the molecule is COC(=O)c1sc(NC(=S)NCCCn2cc(Cl)cn2)c(C(=O)OC)c1C. The summed E-state index contributed by atoms with van der Waals surface area (Å²) in [7, 11) is 2.56. The number of hydrogen-bond donors (Lipinski definition) is 2. The highest BCUT2D eigenvalue weighted by Crippen LogP contribution is 2.34. The van der Waals surface area contributed by atoms with Crippen LogP contribution in [-0.2, 0) is 16.0 Å². The van der Waals surface area contributed by atoms with E-state index >= 15 is 0 Å². The molecule has 0 spiro atoms. The molecule has 0 bridgehead atoms. The van der Waals surface area contributed by atoms with Gasteiger partial charge in [0.2, 0.25) is 0 Å². The highest BCUT2D eigenvalue weighted by atomic mass is 35.5. The Labute approximate surface area is 170 Å². The number of thiophene rings is 1. The van der Waals surface area contributed by atoms with E-state index in [-0.39, 0.29) is 5.56 Å². The molecule has 0 aromatic carbocycles. The number of hydrogen-bond acceptors (Lipinski definition) is 7. The van der Waals surface area contributed by atoms with Gasteiger partial charge in [0.05, 0.1) is 31.0 Å². The zero-order valence-corrected chi connectivity index (χ0v) is 17.4. The average Bonchev–Trinajstić information content (AvgIpc) is 3.20. The predicted molar refractivity (Wildman–Crippen MR) is 108 cm³/mol. The maximum Gasteiger partial charge on any atom is 0.348 e. The van der Waals surface area contributed by atoms with Crippen LogP contribution in [0.3, 0.4) is 0 Å². The van der Waals surface area contributed by atoms with E-state index in [0.717, 1.165) is 17.8 Å². The third-order valence-corrected chi connectivity index (χ3v) is 5.21. The zero-order chi connectivity index (χ0) is 20.0. The molecule has 0 radical (unpaired) electrons. The first-order valence-corrected chi connectivity index (χ1v) is 9.50. The first kappa shape index (κ1) is 21.1. The molecule has 0 unspecified atom stereocenters. The van der Waals surface area contributed by atoms with E-state index in [4.69, 9.17) is 33.3 Å². The van der Waals surface area contributed by atoms with Crippen LogP contribution in [0.4, 0.5) is 5.00 Å². The third kappa shape index (κ3) is 5.41. The lowest BCUT2D eigenvalue weighted by Gasteiger charge is -2.10. The molecule has 0 saturated carbocycles. The number of thiocarbonyl (C=S) groups is 1. The summed E-state index contributed by atoms with van der Waals surface area (Å²) >= 11 is 12.2. The van der Waals surface area contributed by atoms with Crippen molar-refractivity contribution in [2.24, 2.45) is 0 Å². The summed E-state index contributed by atoms with van der Waals surface area (Å²) in [4.78, 5) is 24.3. The number of nitrogens with one attached hydrogen (secondary N) is 2. The highest BCUT2D eigenvalue weighted by Gasteiger charge is 2.26. The smallest absolute Gasteiger partial charge is 0.348 e. The van der Waals surface area contributed by atoms with E-state index in [1.54, 1.807) is 24.0 Å². The van der Waals surface area contributed by atoms with Crippen molar-refractivity contribution < 1.29 is 19.1 Å². The molecule has 146 valence electrons. The fourth-order valence-electron chi connectivity index (χ4n) is 2.29. The van der Waals surface area contributed by atoms with Gasteiger partial charge in [-0.3, -0.25) is 4.68 Å². The molecule has 0 saturated heterocycles. The van der Waals surface area contributed by atoms with Crippen LogP contribution >= 0.6 is 35.2 Å². The first-order valence-electron chi connectivity index (χ1n) is 7.90. The van der Waals surface area contributed by atoms with Crippen molar-refractivity contribution in [3.8, 4) is 0 Å². The van der Waals surface area contributed by atoms with Crippen molar-refractivity contribution >= 4 is 57.2 Å². The molecule has 2 heterocycles. The van der Waals surface area contributed by atoms with Gasteiger partial charge in [-0.2, -0.15) is 5.10 Å². The van der Waals surface area contributed by atoms with E-state index in [9.17, 15) is 9.59 Å². The minimum absolute atomic E-state index is 0.262. The Balaban J connectivity index is 1.99. The molecule has 8 nitrogen and oxygen atoms in total. The number of methoxy groups -OCH3 is 2. The molecule has 2 N–H and O–H groups in total. The maximum atomic E-state index is 12.1. The topological polar surface area (TPSA) is 94.5 Å². The minimum atomic E-state index is -0.556. The van der Waals surface area contributed by atoms with Crippen LogP contribution < -0.4 is 10.6 Å². The third-order valence-electron chi connectivity index (χ3n) is 3.59. The molecule has 0 fully saturated rings. The van der Waals surface area contributed by atoms with Crippen molar-refractivity contribution in [3.05, 3.63) is 33.4 Å². The number of carbonyl (C=O) groups excluding carboxylic acids is 2. The predicted octanol–water partition coefficient (Wildman–Crippen LogP) is 2.86. The Morgan fingerprint density at radius 1 is 1.33 bits per heavy atom. The van der Waals surface area contributed by atoms with Crippen LogP contribution in [0.5, 0.6) is 0 Å². The summed E-state index contributed by atoms with van der Waals surface area (Å²) in [5.74, 6) is -1.08. The first-order chi connectivity index (χ1) is 12.9. The monoisotopic (exact) mass is 430 g/mol. The molecule has 2 aromatic heterocycles. The standard InChI is InChI=1S/C16H19ClN4O4S2/c1-9-11(14(22)24-2)13(27-12(9)15(23)25-3)20-16(26)18-5-4-6-21-8-10(17)7-19-21/h7-8H,4-6H2,1-3H3,(H2,18,20,26). The number of ether oxygens (including phenoxy) is 2. The molecule has 0 amide bonds. The summed E-state index contributed by atoms with van der Waals surface area (Å²) in [6.07, 6.45) is 4.08. The zero-order valence-electron chi connectivity index (χ0n) is 15.0. The molecule has 0 atom stereocenters. The van der Waals surface area contributed by atoms with Crippen LogP contribution in [0.2, 0.25) is 5.02 Å². The normalized spacial score (nSPS) is 10.4. The molecule has 0 aliphatic rings. The number of aryl methyl sites for hydroxylation is 1. The molecule has 0 aliphatic heterocycles. The van der Waals surface area contributed by atoms with Gasteiger partial charge in [-0.05, 0) is 31.1 Å². The summed E-state index contributed by atoms with van der Waals surface area (Å²) in [5, 5.41) is 11.4. The van der Waals surface area contributed by atoms with E-state index in [1.165, 1.54) is 14.2 Å². The highest BCUT2D eigenvalue weighted by molar-refractivity contribution is 7.80. The molecule has 11 heteroatoms. The fourth-order valence-corrected chi connectivity index (χ4v) is 3.83. The summed E-state index contributed by atoms with van der Waals surface area (Å²) < 4.78 is 11.3. The van der Waals surface area contributed by atoms with Gasteiger partial charge >= 0.3 is 11.9 Å². The Kier molecular flexibility index (Phi) is 7.57. The maximum absolute atomic E-state index is 12.1. The van der Waals surface area contributed by atoms with Crippen molar-refractivity contribution in [2.45, 2.75) is 19.9 Å². The number of halogens is 1.